The van der Waals surface area contributed by atoms with Crippen LogP contribution in [0.3, 0.4) is 0 Å². The summed E-state index contributed by atoms with van der Waals surface area (Å²) in [5.74, 6) is -0.873. The number of ether oxygens (including phenoxy) is 1. The molecule has 0 bridgehead atoms. The molecule has 0 radical (unpaired) electrons. The topological polar surface area (TPSA) is 99.3 Å². The van der Waals surface area contributed by atoms with Gasteiger partial charge >= 0.3 is 6.09 Å². The third-order valence-electron chi connectivity index (χ3n) is 5.58. The molecule has 28 heavy (non-hydrogen) atoms. The molecule has 9 nitrogen and oxygen atoms in total. The number of benzene rings is 1. The quantitative estimate of drug-likeness (QED) is 0.736. The number of piperidine rings is 1. The van der Waals surface area contributed by atoms with Crippen molar-refractivity contribution in [3.8, 4) is 0 Å². The lowest BCUT2D eigenvalue weighted by molar-refractivity contribution is -0.136. The Bertz CT molecular complexity index is 847. The summed E-state index contributed by atoms with van der Waals surface area (Å²) in [5, 5.41) is 2.31. The number of amides is 4. The third kappa shape index (κ3) is 3.17. The summed E-state index contributed by atoms with van der Waals surface area (Å²) in [6.07, 6.45) is 0.276. The molecule has 3 heterocycles. The van der Waals surface area contributed by atoms with Crippen LogP contribution in [-0.4, -0.2) is 72.9 Å². The Hall–Kier alpha value is -3.10. The maximum Gasteiger partial charge on any atom is 0.409 e. The first-order valence-electron chi connectivity index (χ1n) is 9.33. The summed E-state index contributed by atoms with van der Waals surface area (Å²) in [5.41, 5.74) is 2.46. The highest BCUT2D eigenvalue weighted by atomic mass is 16.5. The van der Waals surface area contributed by atoms with Crippen LogP contribution in [0.4, 0.5) is 10.5 Å². The van der Waals surface area contributed by atoms with Gasteiger partial charge in [-0.25, -0.2) is 4.79 Å². The van der Waals surface area contributed by atoms with Gasteiger partial charge in [0, 0.05) is 50.4 Å². The van der Waals surface area contributed by atoms with Crippen LogP contribution in [0.25, 0.3) is 0 Å². The molecule has 1 atom stereocenters. The van der Waals surface area contributed by atoms with Crippen molar-refractivity contribution >= 4 is 29.5 Å². The first-order valence-corrected chi connectivity index (χ1v) is 9.33. The number of hydrogen-bond donors (Lipinski definition) is 1. The molecule has 1 N–H and O–H groups in total. The summed E-state index contributed by atoms with van der Waals surface area (Å²) < 4.78 is 4.76. The van der Waals surface area contributed by atoms with Gasteiger partial charge in [0.15, 0.2) is 0 Å². The second kappa shape index (κ2) is 7.14. The average Bonchev–Trinajstić information content (AvgIpc) is 3.03. The summed E-state index contributed by atoms with van der Waals surface area (Å²) in [7, 11) is 1.38. The van der Waals surface area contributed by atoms with Crippen molar-refractivity contribution in [2.75, 3.05) is 38.2 Å². The molecule has 2 fully saturated rings. The van der Waals surface area contributed by atoms with E-state index in [0.29, 0.717) is 44.7 Å². The summed E-state index contributed by atoms with van der Waals surface area (Å²) in [6.45, 7) is 2.87. The number of methoxy groups -OCH3 is 1. The number of nitrogens with one attached hydrogen (secondary N) is 1. The van der Waals surface area contributed by atoms with Gasteiger partial charge in [-0.3, -0.25) is 19.7 Å². The normalized spacial score (nSPS) is 22.2. The molecule has 1 unspecified atom stereocenters. The smallest absolute Gasteiger partial charge is 0.409 e. The standard InChI is InChI=1S/C19H22N4O5/c1-28-19(27)22-8-6-21(7-9-22)13-2-3-14-12(10-13)11-23(18(14)26)15-4-5-16(24)20-17(15)25/h2-3,10,15H,4-9,11H2,1H3,(H,20,24,25). The highest BCUT2D eigenvalue weighted by Gasteiger charge is 2.39. The molecule has 3 aliphatic rings. The Morgan fingerprint density at radius 2 is 1.89 bits per heavy atom. The summed E-state index contributed by atoms with van der Waals surface area (Å²) >= 11 is 0. The number of carbonyl (C=O) groups excluding carboxylic acids is 4. The van der Waals surface area contributed by atoms with Crippen molar-refractivity contribution in [3.05, 3.63) is 29.3 Å². The van der Waals surface area contributed by atoms with E-state index < -0.39 is 11.9 Å². The Balaban J connectivity index is 1.46. The van der Waals surface area contributed by atoms with Gasteiger partial charge in [-0.1, -0.05) is 0 Å². The van der Waals surface area contributed by atoms with Crippen LogP contribution in [0.5, 0.6) is 0 Å². The van der Waals surface area contributed by atoms with Gasteiger partial charge in [0.2, 0.25) is 11.8 Å². The zero-order valence-electron chi connectivity index (χ0n) is 15.6. The van der Waals surface area contributed by atoms with E-state index in [9.17, 15) is 19.2 Å². The molecule has 4 amide bonds. The fourth-order valence-electron chi connectivity index (χ4n) is 4.03. The lowest BCUT2D eigenvalue weighted by atomic mass is 10.0. The second-order valence-corrected chi connectivity index (χ2v) is 7.19. The molecule has 2 saturated heterocycles. The van der Waals surface area contributed by atoms with Crippen molar-refractivity contribution in [3.63, 3.8) is 0 Å². The number of piperazine rings is 1. The highest BCUT2D eigenvalue weighted by Crippen LogP contribution is 2.30. The van der Waals surface area contributed by atoms with Gasteiger partial charge < -0.3 is 19.4 Å². The van der Waals surface area contributed by atoms with Gasteiger partial charge in [0.05, 0.1) is 7.11 Å². The van der Waals surface area contributed by atoms with Crippen molar-refractivity contribution < 1.29 is 23.9 Å². The number of imide groups is 1. The van der Waals surface area contributed by atoms with E-state index in [1.165, 1.54) is 7.11 Å². The molecule has 0 spiro atoms. The highest BCUT2D eigenvalue weighted by molar-refractivity contribution is 6.05. The average molecular weight is 386 g/mol. The zero-order valence-corrected chi connectivity index (χ0v) is 15.6. The maximum absolute atomic E-state index is 12.8. The van der Waals surface area contributed by atoms with Crippen molar-refractivity contribution in [1.82, 2.24) is 15.1 Å². The molecule has 0 saturated carbocycles. The maximum atomic E-state index is 12.8. The predicted octanol–water partition coefficient (Wildman–Crippen LogP) is 0.336. The van der Waals surface area contributed by atoms with E-state index in [1.54, 1.807) is 15.9 Å². The van der Waals surface area contributed by atoms with E-state index in [0.717, 1.165) is 11.3 Å². The van der Waals surface area contributed by atoms with Crippen molar-refractivity contribution in [2.45, 2.75) is 25.4 Å². The van der Waals surface area contributed by atoms with Crippen LogP contribution >= 0.6 is 0 Å². The Kier molecular flexibility index (Phi) is 4.66. The molecule has 4 rings (SSSR count). The lowest BCUT2D eigenvalue weighted by Gasteiger charge is -2.35. The van der Waals surface area contributed by atoms with Gasteiger partial charge in [-0.15, -0.1) is 0 Å². The number of anilines is 1. The van der Waals surface area contributed by atoms with Crippen LogP contribution in [0.1, 0.15) is 28.8 Å². The monoisotopic (exact) mass is 386 g/mol. The van der Waals surface area contributed by atoms with E-state index in [4.69, 9.17) is 4.74 Å². The Morgan fingerprint density at radius 1 is 1.14 bits per heavy atom. The molecule has 1 aromatic carbocycles. The lowest BCUT2D eigenvalue weighted by Crippen LogP contribution is -2.52. The van der Waals surface area contributed by atoms with Gasteiger partial charge in [0.25, 0.3) is 5.91 Å². The number of carbonyl (C=O) groups is 4. The van der Waals surface area contributed by atoms with E-state index in [1.807, 2.05) is 12.1 Å². The summed E-state index contributed by atoms with van der Waals surface area (Å²) in [4.78, 5) is 53.3. The number of hydrogen-bond acceptors (Lipinski definition) is 6. The minimum atomic E-state index is -0.607. The van der Waals surface area contributed by atoms with Crippen LogP contribution in [0.15, 0.2) is 18.2 Å². The minimum Gasteiger partial charge on any atom is -0.453 e. The van der Waals surface area contributed by atoms with Crippen molar-refractivity contribution in [2.24, 2.45) is 0 Å². The van der Waals surface area contributed by atoms with Crippen molar-refractivity contribution in [1.29, 1.82) is 0 Å². The fraction of sp³-hybridized carbons (Fsp3) is 0.474. The zero-order chi connectivity index (χ0) is 19.8. The van der Waals surface area contributed by atoms with Crippen LogP contribution < -0.4 is 10.2 Å². The largest absolute Gasteiger partial charge is 0.453 e. The number of nitrogens with zero attached hydrogens (tertiary/aromatic N) is 3. The molecule has 3 aliphatic heterocycles. The van der Waals surface area contributed by atoms with Crippen LogP contribution in [-0.2, 0) is 20.9 Å². The molecule has 148 valence electrons. The molecular weight excluding hydrogens is 364 g/mol. The Morgan fingerprint density at radius 3 is 2.57 bits per heavy atom. The third-order valence-corrected chi connectivity index (χ3v) is 5.58. The van der Waals surface area contributed by atoms with Gasteiger partial charge in [-0.05, 0) is 30.2 Å². The van der Waals surface area contributed by atoms with Gasteiger partial charge in [0.1, 0.15) is 6.04 Å². The van der Waals surface area contributed by atoms with E-state index >= 15 is 0 Å². The SMILES string of the molecule is COC(=O)N1CCN(c2ccc3c(c2)CN(C2CCC(=O)NC2=O)C3=O)CC1. The fourth-order valence-corrected chi connectivity index (χ4v) is 4.03. The summed E-state index contributed by atoms with van der Waals surface area (Å²) in [6, 6.07) is 5.07. The van der Waals surface area contributed by atoms with Gasteiger partial charge in [-0.2, -0.15) is 0 Å². The Labute approximate surface area is 162 Å². The number of rotatable bonds is 2. The van der Waals surface area contributed by atoms with Crippen LogP contribution in [0, 0.1) is 0 Å². The first kappa shape index (κ1) is 18.3. The second-order valence-electron chi connectivity index (χ2n) is 7.19. The molecule has 9 heteroatoms. The van der Waals surface area contributed by atoms with E-state index in [2.05, 4.69) is 10.2 Å². The van der Waals surface area contributed by atoms with E-state index in [-0.39, 0.29) is 24.3 Å². The van der Waals surface area contributed by atoms with Crippen LogP contribution in [0.2, 0.25) is 0 Å². The minimum absolute atomic E-state index is 0.174. The molecule has 1 aromatic rings. The molecular formula is C19H22N4O5. The first-order chi connectivity index (χ1) is 13.5. The number of fused-ring (bicyclic) bond motifs is 1. The predicted molar refractivity (Wildman–Crippen MR) is 98.7 cm³/mol. The molecule has 0 aromatic heterocycles. The molecule has 0 aliphatic carbocycles.